The van der Waals surface area contributed by atoms with Crippen LogP contribution >= 0.6 is 0 Å². The summed E-state index contributed by atoms with van der Waals surface area (Å²) in [7, 11) is 0. The van der Waals surface area contributed by atoms with Crippen molar-refractivity contribution in [1.82, 2.24) is 15.6 Å². The van der Waals surface area contributed by atoms with Crippen molar-refractivity contribution in [3.63, 3.8) is 0 Å². The van der Waals surface area contributed by atoms with Crippen LogP contribution in [0, 0.1) is 10.1 Å². The van der Waals surface area contributed by atoms with Gasteiger partial charge in [0.15, 0.2) is 0 Å². The van der Waals surface area contributed by atoms with Gasteiger partial charge in [0.25, 0.3) is 5.69 Å². The number of hydrogen-bond donors (Lipinski definition) is 2. The monoisotopic (exact) mass is 354 g/mol. The van der Waals surface area contributed by atoms with E-state index in [-0.39, 0.29) is 30.5 Å². The van der Waals surface area contributed by atoms with Crippen molar-refractivity contribution in [3.05, 3.63) is 76.1 Å². The fraction of sp³-hybridized carbons (Fsp3) is 0.167. The van der Waals surface area contributed by atoms with Gasteiger partial charge in [-0.05, 0) is 29.3 Å². The van der Waals surface area contributed by atoms with E-state index >= 15 is 0 Å². The molecule has 0 aliphatic carbocycles. The van der Waals surface area contributed by atoms with E-state index in [4.69, 9.17) is 0 Å². The van der Waals surface area contributed by atoms with E-state index in [0.717, 1.165) is 5.56 Å². The first-order valence-corrected chi connectivity index (χ1v) is 7.90. The van der Waals surface area contributed by atoms with Gasteiger partial charge < -0.3 is 10.6 Å². The molecule has 0 bridgehead atoms. The third-order valence-electron chi connectivity index (χ3n) is 3.40. The Labute approximate surface area is 150 Å². The molecule has 0 saturated heterocycles. The van der Waals surface area contributed by atoms with E-state index in [9.17, 15) is 19.7 Å². The highest BCUT2D eigenvalue weighted by atomic mass is 16.6. The molecule has 2 N–H and O–H groups in total. The molecule has 134 valence electrons. The van der Waals surface area contributed by atoms with Crippen molar-refractivity contribution in [2.75, 3.05) is 6.54 Å². The number of nitrogens with one attached hydrogen (secondary N) is 2. The number of non-ortho nitro benzene ring substituents is 1. The van der Waals surface area contributed by atoms with Crippen molar-refractivity contribution in [2.45, 2.75) is 13.0 Å². The van der Waals surface area contributed by atoms with Gasteiger partial charge in [-0.2, -0.15) is 0 Å². The lowest BCUT2D eigenvalue weighted by molar-refractivity contribution is -0.384. The first kappa shape index (κ1) is 18.8. The van der Waals surface area contributed by atoms with E-state index in [1.54, 1.807) is 36.7 Å². The predicted octanol–water partition coefficient (Wildman–Crippen LogP) is 1.83. The number of nitrogens with zero attached hydrogens (tertiary/aromatic N) is 2. The Kier molecular flexibility index (Phi) is 6.99. The summed E-state index contributed by atoms with van der Waals surface area (Å²) in [5, 5.41) is 16.0. The summed E-state index contributed by atoms with van der Waals surface area (Å²) >= 11 is 0. The molecule has 8 nitrogen and oxygen atoms in total. The quantitative estimate of drug-likeness (QED) is 0.426. The molecular formula is C18H18N4O4. The van der Waals surface area contributed by atoms with Crippen LogP contribution in [0.5, 0.6) is 0 Å². The normalized spacial score (nSPS) is 10.5. The molecule has 1 aromatic carbocycles. The van der Waals surface area contributed by atoms with Gasteiger partial charge in [-0.25, -0.2) is 0 Å². The number of aromatic nitrogens is 1. The molecule has 0 spiro atoms. The predicted molar refractivity (Wildman–Crippen MR) is 95.8 cm³/mol. The summed E-state index contributed by atoms with van der Waals surface area (Å²) < 4.78 is 0. The SMILES string of the molecule is O=C(C=Cc1cccc([N+](=O)[O-])c1)NCCC(=O)NCc1ccncc1. The van der Waals surface area contributed by atoms with Crippen molar-refractivity contribution in [2.24, 2.45) is 0 Å². The lowest BCUT2D eigenvalue weighted by Crippen LogP contribution is -2.29. The summed E-state index contributed by atoms with van der Waals surface area (Å²) in [5.74, 6) is -0.553. The van der Waals surface area contributed by atoms with Gasteiger partial charge in [-0.3, -0.25) is 24.7 Å². The molecule has 0 unspecified atom stereocenters. The zero-order chi connectivity index (χ0) is 18.8. The summed E-state index contributed by atoms with van der Waals surface area (Å²) in [4.78, 5) is 37.5. The molecule has 2 amide bonds. The minimum Gasteiger partial charge on any atom is -0.352 e. The molecule has 1 heterocycles. The third-order valence-corrected chi connectivity index (χ3v) is 3.40. The van der Waals surface area contributed by atoms with Crippen LogP contribution in [0.4, 0.5) is 5.69 Å². The topological polar surface area (TPSA) is 114 Å². The number of nitro benzene ring substituents is 1. The second kappa shape index (κ2) is 9.67. The maximum absolute atomic E-state index is 11.7. The number of benzene rings is 1. The Morgan fingerprint density at radius 3 is 2.65 bits per heavy atom. The number of nitro groups is 1. The van der Waals surface area contributed by atoms with Crippen LogP contribution in [0.1, 0.15) is 17.5 Å². The molecule has 0 aliphatic heterocycles. The average Bonchev–Trinajstić information content (AvgIpc) is 2.66. The largest absolute Gasteiger partial charge is 0.352 e. The van der Waals surface area contributed by atoms with Gasteiger partial charge >= 0.3 is 0 Å². The first-order valence-electron chi connectivity index (χ1n) is 7.90. The fourth-order valence-corrected chi connectivity index (χ4v) is 2.06. The maximum Gasteiger partial charge on any atom is 0.270 e. The molecule has 0 atom stereocenters. The van der Waals surface area contributed by atoms with Crippen LogP contribution in [-0.4, -0.2) is 28.3 Å². The van der Waals surface area contributed by atoms with E-state index in [2.05, 4.69) is 15.6 Å². The van der Waals surface area contributed by atoms with Gasteiger partial charge in [0.2, 0.25) is 11.8 Å². The highest BCUT2D eigenvalue weighted by molar-refractivity contribution is 5.92. The Morgan fingerprint density at radius 2 is 1.92 bits per heavy atom. The van der Waals surface area contributed by atoms with Gasteiger partial charge in [0, 0.05) is 50.1 Å². The molecule has 26 heavy (non-hydrogen) atoms. The van der Waals surface area contributed by atoms with Crippen molar-refractivity contribution in [1.29, 1.82) is 0 Å². The van der Waals surface area contributed by atoms with Gasteiger partial charge in [0.1, 0.15) is 0 Å². The number of amides is 2. The first-order chi connectivity index (χ1) is 12.5. The van der Waals surface area contributed by atoms with Gasteiger partial charge in [-0.1, -0.05) is 12.1 Å². The van der Waals surface area contributed by atoms with E-state index in [1.807, 2.05) is 0 Å². The summed E-state index contributed by atoms with van der Waals surface area (Å²) in [5.41, 5.74) is 1.44. The molecule has 0 fully saturated rings. The molecular weight excluding hydrogens is 336 g/mol. The zero-order valence-electron chi connectivity index (χ0n) is 13.9. The minimum atomic E-state index is -0.498. The lowest BCUT2D eigenvalue weighted by Gasteiger charge is -2.05. The van der Waals surface area contributed by atoms with Crippen LogP contribution in [0.25, 0.3) is 6.08 Å². The lowest BCUT2D eigenvalue weighted by atomic mass is 10.2. The van der Waals surface area contributed by atoms with Crippen molar-refractivity contribution < 1.29 is 14.5 Å². The number of carbonyl (C=O) groups excluding carboxylic acids is 2. The zero-order valence-corrected chi connectivity index (χ0v) is 13.9. The second-order valence-electron chi connectivity index (χ2n) is 5.36. The molecule has 0 saturated carbocycles. The molecule has 2 aromatic rings. The minimum absolute atomic E-state index is 0.0431. The standard InChI is InChI=1S/C18H18N4O4/c23-17(5-4-14-2-1-3-16(12-14)22(25)26)20-11-8-18(24)21-13-15-6-9-19-10-7-15/h1-7,9-10,12H,8,11,13H2,(H,20,23)(H,21,24). The molecule has 0 radical (unpaired) electrons. The van der Waals surface area contributed by atoms with E-state index in [1.165, 1.54) is 24.3 Å². The number of hydrogen-bond acceptors (Lipinski definition) is 5. The van der Waals surface area contributed by atoms with Crippen molar-refractivity contribution in [3.8, 4) is 0 Å². The van der Waals surface area contributed by atoms with Gasteiger partial charge in [-0.15, -0.1) is 0 Å². The summed E-state index contributed by atoms with van der Waals surface area (Å²) in [6.07, 6.45) is 6.20. The summed E-state index contributed by atoms with van der Waals surface area (Å²) in [6.45, 7) is 0.599. The Balaban J connectivity index is 1.70. The highest BCUT2D eigenvalue weighted by Gasteiger charge is 2.05. The van der Waals surface area contributed by atoms with E-state index in [0.29, 0.717) is 12.1 Å². The van der Waals surface area contributed by atoms with Crippen LogP contribution in [0.15, 0.2) is 54.9 Å². The summed E-state index contributed by atoms with van der Waals surface area (Å²) in [6, 6.07) is 9.56. The van der Waals surface area contributed by atoms with Crippen LogP contribution < -0.4 is 10.6 Å². The molecule has 2 rings (SSSR count). The molecule has 8 heteroatoms. The number of carbonyl (C=O) groups is 2. The Morgan fingerprint density at radius 1 is 1.15 bits per heavy atom. The van der Waals surface area contributed by atoms with Crippen LogP contribution in [-0.2, 0) is 16.1 Å². The number of pyridine rings is 1. The van der Waals surface area contributed by atoms with Crippen molar-refractivity contribution >= 4 is 23.6 Å². The number of rotatable bonds is 8. The van der Waals surface area contributed by atoms with Crippen LogP contribution in [0.2, 0.25) is 0 Å². The van der Waals surface area contributed by atoms with Gasteiger partial charge in [0.05, 0.1) is 4.92 Å². The molecule has 1 aromatic heterocycles. The highest BCUT2D eigenvalue weighted by Crippen LogP contribution is 2.13. The van der Waals surface area contributed by atoms with E-state index < -0.39 is 4.92 Å². The maximum atomic E-state index is 11.7. The Bertz CT molecular complexity index is 806. The third kappa shape index (κ3) is 6.52. The second-order valence-corrected chi connectivity index (χ2v) is 5.36. The average molecular weight is 354 g/mol. The molecule has 0 aliphatic rings. The Hall–Kier alpha value is -3.55. The fourth-order valence-electron chi connectivity index (χ4n) is 2.06. The smallest absolute Gasteiger partial charge is 0.270 e. The van der Waals surface area contributed by atoms with Crippen LogP contribution in [0.3, 0.4) is 0 Å².